The number of thiocarbonyl (C=S) groups is 1. The molecule has 3 fully saturated rings. The van der Waals surface area contributed by atoms with Crippen molar-refractivity contribution in [3.8, 4) is 0 Å². The van der Waals surface area contributed by atoms with E-state index in [1.54, 1.807) is 0 Å². The molecule has 3 nitrogen and oxygen atoms in total. The number of nitrogens with zero attached hydrogens (tertiary/aromatic N) is 2. The molecule has 4 heteroatoms. The lowest BCUT2D eigenvalue weighted by Crippen LogP contribution is -2.54. The van der Waals surface area contributed by atoms with E-state index < -0.39 is 0 Å². The number of hydrogen-bond donors (Lipinski definition) is 1. The molecule has 0 aromatic heterocycles. The average molecular weight is 344 g/mol. The first kappa shape index (κ1) is 16.2. The summed E-state index contributed by atoms with van der Waals surface area (Å²) in [7, 11) is 0. The Labute approximate surface area is 151 Å². The molecule has 1 heterocycles. The Morgan fingerprint density at radius 3 is 2.54 bits per heavy atom. The van der Waals surface area contributed by atoms with Crippen molar-refractivity contribution in [2.45, 2.75) is 45.6 Å². The summed E-state index contributed by atoms with van der Waals surface area (Å²) in [4.78, 5) is 4.89. The predicted molar refractivity (Wildman–Crippen MR) is 105 cm³/mol. The third-order valence-corrected chi connectivity index (χ3v) is 6.91. The number of aryl methyl sites for hydroxylation is 1. The van der Waals surface area contributed by atoms with Gasteiger partial charge in [-0.25, -0.2) is 0 Å². The van der Waals surface area contributed by atoms with Gasteiger partial charge in [0.2, 0.25) is 0 Å². The molecule has 3 aliphatic rings. The Morgan fingerprint density at radius 2 is 1.88 bits per heavy atom. The molecule has 2 bridgehead atoms. The molecule has 1 aromatic carbocycles. The van der Waals surface area contributed by atoms with Crippen LogP contribution < -0.4 is 10.2 Å². The number of fused-ring (bicyclic) bond motifs is 2. The maximum absolute atomic E-state index is 5.72. The van der Waals surface area contributed by atoms with Crippen molar-refractivity contribution in [3.05, 3.63) is 29.3 Å². The fraction of sp³-hybridized carbons (Fsp3) is 0.650. The zero-order chi connectivity index (χ0) is 16.7. The van der Waals surface area contributed by atoms with Crippen LogP contribution in [0.15, 0.2) is 18.2 Å². The fourth-order valence-electron chi connectivity index (χ4n) is 4.90. The van der Waals surface area contributed by atoms with E-state index in [-0.39, 0.29) is 0 Å². The summed E-state index contributed by atoms with van der Waals surface area (Å²) in [5, 5.41) is 4.69. The summed E-state index contributed by atoms with van der Waals surface area (Å²) >= 11 is 5.72. The quantitative estimate of drug-likeness (QED) is 0.828. The maximum Gasteiger partial charge on any atom is 0.169 e. The molecule has 1 saturated heterocycles. The number of benzene rings is 1. The molecule has 1 N–H and O–H groups in total. The van der Waals surface area contributed by atoms with Gasteiger partial charge in [0.05, 0.1) is 0 Å². The van der Waals surface area contributed by atoms with E-state index in [2.05, 4.69) is 47.2 Å². The first-order chi connectivity index (χ1) is 11.6. The van der Waals surface area contributed by atoms with Crippen molar-refractivity contribution < 1.29 is 0 Å². The van der Waals surface area contributed by atoms with Gasteiger partial charge in [-0.15, -0.1) is 0 Å². The van der Waals surface area contributed by atoms with Gasteiger partial charge < -0.3 is 15.1 Å². The van der Waals surface area contributed by atoms with Crippen LogP contribution in [-0.4, -0.2) is 42.2 Å². The predicted octanol–water partition coefficient (Wildman–Crippen LogP) is 3.49. The van der Waals surface area contributed by atoms with Gasteiger partial charge in [0.15, 0.2) is 5.11 Å². The van der Waals surface area contributed by atoms with E-state index in [0.717, 1.165) is 43.1 Å². The lowest BCUT2D eigenvalue weighted by atomic mass is 9.95. The van der Waals surface area contributed by atoms with Crippen LogP contribution in [0.3, 0.4) is 0 Å². The lowest BCUT2D eigenvalue weighted by molar-refractivity contribution is 0.345. The van der Waals surface area contributed by atoms with Crippen LogP contribution in [0.25, 0.3) is 0 Å². The third-order valence-electron chi connectivity index (χ3n) is 6.53. The number of hydrogen-bond acceptors (Lipinski definition) is 2. The Hall–Kier alpha value is -1.29. The number of nitrogens with one attached hydrogen (secondary N) is 1. The normalized spacial score (nSPS) is 29.2. The van der Waals surface area contributed by atoms with E-state index in [4.69, 9.17) is 12.2 Å². The van der Waals surface area contributed by atoms with Gasteiger partial charge in [0.25, 0.3) is 0 Å². The summed E-state index contributed by atoms with van der Waals surface area (Å²) in [6, 6.07) is 7.27. The standard InChI is InChI=1S/C20H29N3S/c1-14-4-3-5-19(15(14)2)22-8-10-23(11-9-22)20(24)21-18-13-16-6-7-17(18)12-16/h3-5,16-18H,6-13H2,1-2H3,(H,21,24). The molecular weight excluding hydrogens is 314 g/mol. The number of piperazine rings is 1. The van der Waals surface area contributed by atoms with Gasteiger partial charge in [-0.2, -0.15) is 0 Å². The Morgan fingerprint density at radius 1 is 1.08 bits per heavy atom. The van der Waals surface area contributed by atoms with Gasteiger partial charge in [-0.1, -0.05) is 18.6 Å². The van der Waals surface area contributed by atoms with E-state index >= 15 is 0 Å². The molecule has 1 aliphatic heterocycles. The molecular formula is C20H29N3S. The second-order valence-corrected chi connectivity index (χ2v) is 8.31. The summed E-state index contributed by atoms with van der Waals surface area (Å²) < 4.78 is 0. The van der Waals surface area contributed by atoms with Crippen LogP contribution in [0, 0.1) is 25.7 Å². The minimum absolute atomic E-state index is 0.647. The van der Waals surface area contributed by atoms with Crippen molar-refractivity contribution in [1.82, 2.24) is 10.2 Å². The minimum Gasteiger partial charge on any atom is -0.368 e. The zero-order valence-corrected chi connectivity index (χ0v) is 15.7. The highest BCUT2D eigenvalue weighted by Gasteiger charge is 2.40. The number of rotatable bonds is 2. The van der Waals surface area contributed by atoms with Gasteiger partial charge in [-0.3, -0.25) is 0 Å². The van der Waals surface area contributed by atoms with Crippen molar-refractivity contribution in [2.24, 2.45) is 11.8 Å². The highest BCUT2D eigenvalue weighted by atomic mass is 32.1. The SMILES string of the molecule is Cc1cccc(N2CCN(C(=S)NC3CC4CCC3C4)CC2)c1C. The first-order valence-corrected chi connectivity index (χ1v) is 9.89. The van der Waals surface area contributed by atoms with Gasteiger partial charge in [0.1, 0.15) is 0 Å². The molecule has 0 radical (unpaired) electrons. The van der Waals surface area contributed by atoms with Crippen LogP contribution in [0.2, 0.25) is 0 Å². The third kappa shape index (κ3) is 3.01. The summed E-state index contributed by atoms with van der Waals surface area (Å²) in [5.74, 6) is 1.85. The second-order valence-electron chi connectivity index (χ2n) is 7.92. The molecule has 0 spiro atoms. The molecule has 24 heavy (non-hydrogen) atoms. The van der Waals surface area contributed by atoms with Crippen LogP contribution in [0.4, 0.5) is 5.69 Å². The van der Waals surface area contributed by atoms with E-state index in [1.165, 1.54) is 42.5 Å². The monoisotopic (exact) mass is 343 g/mol. The molecule has 3 atom stereocenters. The van der Waals surface area contributed by atoms with Crippen LogP contribution in [-0.2, 0) is 0 Å². The van der Waals surface area contributed by atoms with E-state index in [0.29, 0.717) is 6.04 Å². The molecule has 2 saturated carbocycles. The van der Waals surface area contributed by atoms with Crippen molar-refractivity contribution in [1.29, 1.82) is 0 Å². The highest BCUT2D eigenvalue weighted by molar-refractivity contribution is 7.80. The van der Waals surface area contributed by atoms with Crippen LogP contribution >= 0.6 is 12.2 Å². The Kier molecular flexibility index (Phi) is 4.42. The van der Waals surface area contributed by atoms with E-state index in [1.807, 2.05) is 0 Å². The zero-order valence-electron chi connectivity index (χ0n) is 14.9. The minimum atomic E-state index is 0.647. The lowest BCUT2D eigenvalue weighted by Gasteiger charge is -2.39. The van der Waals surface area contributed by atoms with Crippen molar-refractivity contribution >= 4 is 23.0 Å². The molecule has 1 aromatic rings. The molecule has 4 rings (SSSR count). The van der Waals surface area contributed by atoms with Crippen LogP contribution in [0.1, 0.15) is 36.8 Å². The summed E-state index contributed by atoms with van der Waals surface area (Å²) in [6.07, 6.45) is 5.63. The van der Waals surface area contributed by atoms with Gasteiger partial charge in [0, 0.05) is 37.9 Å². The smallest absolute Gasteiger partial charge is 0.169 e. The molecule has 2 aliphatic carbocycles. The highest BCUT2D eigenvalue weighted by Crippen LogP contribution is 2.44. The molecule has 130 valence electrons. The van der Waals surface area contributed by atoms with Crippen molar-refractivity contribution in [3.63, 3.8) is 0 Å². The topological polar surface area (TPSA) is 18.5 Å². The second kappa shape index (κ2) is 6.55. The Balaban J connectivity index is 1.32. The van der Waals surface area contributed by atoms with Crippen molar-refractivity contribution in [2.75, 3.05) is 31.1 Å². The van der Waals surface area contributed by atoms with Gasteiger partial charge in [-0.05, 0) is 74.4 Å². The summed E-state index contributed by atoms with van der Waals surface area (Å²) in [6.45, 7) is 8.60. The van der Waals surface area contributed by atoms with Crippen LogP contribution in [0.5, 0.6) is 0 Å². The largest absolute Gasteiger partial charge is 0.368 e. The molecule has 3 unspecified atom stereocenters. The average Bonchev–Trinajstić information content (AvgIpc) is 3.20. The molecule has 0 amide bonds. The first-order valence-electron chi connectivity index (χ1n) is 9.48. The Bertz CT molecular complexity index is 621. The number of anilines is 1. The van der Waals surface area contributed by atoms with E-state index in [9.17, 15) is 0 Å². The fourth-order valence-corrected chi connectivity index (χ4v) is 5.23. The van der Waals surface area contributed by atoms with Gasteiger partial charge >= 0.3 is 0 Å². The summed E-state index contributed by atoms with van der Waals surface area (Å²) in [5.41, 5.74) is 4.18. The maximum atomic E-state index is 5.72.